The molecule has 7 rings (SSSR count). The Balaban J connectivity index is 1.21. The summed E-state index contributed by atoms with van der Waals surface area (Å²) in [7, 11) is 0. The molecule has 0 radical (unpaired) electrons. The molecule has 8 heteroatoms. The molecule has 1 aromatic rings. The van der Waals surface area contributed by atoms with E-state index in [1.54, 1.807) is 6.08 Å². The molecule has 3 saturated carbocycles. The summed E-state index contributed by atoms with van der Waals surface area (Å²) in [5.41, 5.74) is 3.98. The van der Waals surface area contributed by atoms with Crippen molar-refractivity contribution in [3.05, 3.63) is 71.1 Å². The minimum absolute atomic E-state index is 0.0178. The zero-order valence-corrected chi connectivity index (χ0v) is 33.0. The monoisotopic (exact) mass is 730 g/mol. The van der Waals surface area contributed by atoms with Gasteiger partial charge in [0.25, 0.3) is 0 Å². The van der Waals surface area contributed by atoms with Crippen molar-refractivity contribution >= 4 is 5.78 Å². The zero-order chi connectivity index (χ0) is 38.2. The molecule has 12 unspecified atom stereocenters. The van der Waals surface area contributed by atoms with Crippen LogP contribution < -0.4 is 11.1 Å². The third-order valence-electron chi connectivity index (χ3n) is 16.0. The highest BCUT2D eigenvalue weighted by Crippen LogP contribution is 2.71. The van der Waals surface area contributed by atoms with E-state index in [0.717, 1.165) is 56.1 Å². The Morgan fingerprint density at radius 1 is 1.00 bits per heavy atom. The normalized spacial score (nSPS) is 40.3. The highest BCUT2D eigenvalue weighted by molar-refractivity contribution is 5.95. The number of fused-ring (bicyclic) bond motifs is 5. The number of allylic oxidation sites excluding steroid dienone is 3. The van der Waals surface area contributed by atoms with Gasteiger partial charge in [0, 0.05) is 17.9 Å². The van der Waals surface area contributed by atoms with E-state index in [1.807, 2.05) is 19.1 Å². The topological polar surface area (TPSA) is 149 Å². The van der Waals surface area contributed by atoms with E-state index in [2.05, 4.69) is 70.3 Å². The predicted octanol–water partition coefficient (Wildman–Crippen LogP) is 6.26. The molecule has 2 heterocycles. The van der Waals surface area contributed by atoms with Gasteiger partial charge in [-0.2, -0.15) is 0 Å². The van der Waals surface area contributed by atoms with Gasteiger partial charge in [0.05, 0.1) is 28.7 Å². The van der Waals surface area contributed by atoms with Crippen LogP contribution in [0.2, 0.25) is 0 Å². The Kier molecular flexibility index (Phi) is 9.96. The molecule has 4 aliphatic carbocycles. The maximum Gasteiger partial charge on any atom is 0.159 e. The second-order valence-corrected chi connectivity index (χ2v) is 19.3. The van der Waals surface area contributed by atoms with Gasteiger partial charge in [-0.25, -0.2) is 0 Å². The summed E-state index contributed by atoms with van der Waals surface area (Å²) in [5, 5.41) is 52.5. The maximum atomic E-state index is 14.1. The first-order valence-electron chi connectivity index (χ1n) is 20.6. The number of dihydropyridines is 1. The average Bonchev–Trinajstić information content (AvgIpc) is 3.88. The van der Waals surface area contributed by atoms with Crippen LogP contribution in [0.1, 0.15) is 118 Å². The summed E-state index contributed by atoms with van der Waals surface area (Å²) in [6.45, 7) is 13.2. The molecular formula is C45H66N2O6. The molecule has 2 aliphatic heterocycles. The number of benzene rings is 1. The molecule has 0 aromatic heterocycles. The lowest BCUT2D eigenvalue weighted by Crippen LogP contribution is -2.64. The van der Waals surface area contributed by atoms with Crippen molar-refractivity contribution in [3.8, 4) is 0 Å². The van der Waals surface area contributed by atoms with Crippen molar-refractivity contribution in [2.24, 2.45) is 45.7 Å². The van der Waals surface area contributed by atoms with Crippen LogP contribution in [0.15, 0.2) is 65.5 Å². The number of ether oxygens (including phenoxy) is 1. The first-order valence-corrected chi connectivity index (χ1v) is 20.6. The third kappa shape index (κ3) is 6.27. The number of nitrogens with two attached hydrogens (primary N) is 1. The molecule has 7 N–H and O–H groups in total. The Hall–Kier alpha value is -2.49. The van der Waals surface area contributed by atoms with Crippen LogP contribution in [0, 0.1) is 39.9 Å². The van der Waals surface area contributed by atoms with Crippen molar-refractivity contribution in [1.29, 1.82) is 0 Å². The summed E-state index contributed by atoms with van der Waals surface area (Å²) in [6, 6.07) is 10.6. The van der Waals surface area contributed by atoms with Crippen LogP contribution in [-0.4, -0.2) is 67.9 Å². The van der Waals surface area contributed by atoms with Crippen LogP contribution in [0.4, 0.5) is 0 Å². The van der Waals surface area contributed by atoms with Crippen molar-refractivity contribution in [2.45, 2.75) is 154 Å². The van der Waals surface area contributed by atoms with Crippen molar-refractivity contribution < 1.29 is 30.0 Å². The number of carbonyl (C=O) groups excluding carboxylic acids is 1. The van der Waals surface area contributed by atoms with Gasteiger partial charge < -0.3 is 36.2 Å². The Morgan fingerprint density at radius 2 is 1.74 bits per heavy atom. The number of aryl methyl sites for hydroxylation is 1. The van der Waals surface area contributed by atoms with E-state index >= 15 is 0 Å². The lowest BCUT2D eigenvalue weighted by atomic mass is 9.42. The summed E-state index contributed by atoms with van der Waals surface area (Å²) in [5.74, 6) is 0.336. The van der Waals surface area contributed by atoms with E-state index < -0.39 is 45.9 Å². The lowest BCUT2D eigenvalue weighted by Gasteiger charge is -2.63. The molecular weight excluding hydrogens is 665 g/mol. The second kappa shape index (κ2) is 13.6. The van der Waals surface area contributed by atoms with E-state index in [-0.39, 0.29) is 34.9 Å². The van der Waals surface area contributed by atoms with Crippen LogP contribution in [0.25, 0.3) is 0 Å². The first kappa shape index (κ1) is 38.8. The van der Waals surface area contributed by atoms with Gasteiger partial charge in [0.1, 0.15) is 12.2 Å². The highest BCUT2D eigenvalue weighted by Gasteiger charge is 2.74. The van der Waals surface area contributed by atoms with E-state index in [0.29, 0.717) is 44.5 Å². The van der Waals surface area contributed by atoms with Gasteiger partial charge in [0.15, 0.2) is 5.78 Å². The Bertz CT molecular complexity index is 1650. The van der Waals surface area contributed by atoms with Crippen LogP contribution >= 0.6 is 0 Å². The van der Waals surface area contributed by atoms with Gasteiger partial charge in [-0.1, -0.05) is 77.4 Å². The molecule has 0 amide bonds. The standard InChI is InChI=1S/C45H66N2O6/c1-7-19-44(51,39-38(53-39)43(6,50)40(2,3)20-15-29-18-23-47-36(46)24-29)35-17-22-45(52)33-26-34(49)32-25-31(48)16-21-41(32,4)37(33)30(27-42(35,45)5)14-13-28-11-9-8-10-12-28/h8-12,18,24,26,30-32,35,37-39,47-48,50-52H,7,13-17,19-23,25,27,46H2,1-6H3. The molecule has 0 bridgehead atoms. The number of rotatable bonds is 12. The number of aliphatic hydroxyl groups excluding tert-OH is 1. The second-order valence-electron chi connectivity index (χ2n) is 19.3. The van der Waals surface area contributed by atoms with Crippen molar-refractivity contribution in [3.63, 3.8) is 0 Å². The SMILES string of the molecule is CCCC(O)(C1OC1C(C)(O)C(C)(C)CCC1=CCNC(N)=C1)C1CCC2(O)C3=CC(=O)C4CC(O)CCC4(C)C3C(CCc3ccccc3)CC12C. The molecule has 0 spiro atoms. The van der Waals surface area contributed by atoms with Crippen molar-refractivity contribution in [2.75, 3.05) is 6.54 Å². The van der Waals surface area contributed by atoms with Crippen LogP contribution in [0.5, 0.6) is 0 Å². The summed E-state index contributed by atoms with van der Waals surface area (Å²) >= 11 is 0. The molecule has 4 fully saturated rings. The average molecular weight is 731 g/mol. The molecule has 6 aliphatic rings. The highest BCUT2D eigenvalue weighted by atomic mass is 16.6. The minimum atomic E-state index is -1.27. The summed E-state index contributed by atoms with van der Waals surface area (Å²) in [6.07, 6.45) is 12.5. The van der Waals surface area contributed by atoms with Gasteiger partial charge in [-0.3, -0.25) is 4.79 Å². The van der Waals surface area contributed by atoms with Gasteiger partial charge in [-0.05, 0) is 135 Å². The number of hydrogen-bond acceptors (Lipinski definition) is 8. The number of epoxide rings is 1. The number of aliphatic hydroxyl groups is 4. The largest absolute Gasteiger partial charge is 0.393 e. The quantitative estimate of drug-likeness (QED) is 0.138. The molecule has 1 saturated heterocycles. The Labute approximate surface area is 317 Å². The number of ketones is 1. The van der Waals surface area contributed by atoms with E-state index in [4.69, 9.17) is 10.5 Å². The van der Waals surface area contributed by atoms with E-state index in [9.17, 15) is 25.2 Å². The molecule has 1 aromatic carbocycles. The first-order chi connectivity index (χ1) is 24.9. The molecule has 12 atom stereocenters. The molecule has 8 nitrogen and oxygen atoms in total. The fourth-order valence-corrected chi connectivity index (χ4v) is 12.5. The Morgan fingerprint density at radius 3 is 2.43 bits per heavy atom. The number of carbonyl (C=O) groups is 1. The van der Waals surface area contributed by atoms with Gasteiger partial charge in [0.2, 0.25) is 0 Å². The van der Waals surface area contributed by atoms with Gasteiger partial charge >= 0.3 is 0 Å². The lowest BCUT2D eigenvalue weighted by molar-refractivity contribution is -0.170. The van der Waals surface area contributed by atoms with Crippen LogP contribution in [-0.2, 0) is 16.0 Å². The van der Waals surface area contributed by atoms with E-state index in [1.165, 1.54) is 5.56 Å². The zero-order valence-electron chi connectivity index (χ0n) is 33.0. The van der Waals surface area contributed by atoms with Crippen LogP contribution in [0.3, 0.4) is 0 Å². The smallest absolute Gasteiger partial charge is 0.159 e. The summed E-state index contributed by atoms with van der Waals surface area (Å²) < 4.78 is 6.49. The predicted molar refractivity (Wildman–Crippen MR) is 207 cm³/mol. The van der Waals surface area contributed by atoms with Gasteiger partial charge in [-0.15, -0.1) is 0 Å². The molecule has 53 heavy (non-hydrogen) atoms. The van der Waals surface area contributed by atoms with Crippen molar-refractivity contribution in [1.82, 2.24) is 5.32 Å². The third-order valence-corrected chi connectivity index (χ3v) is 16.0. The molecule has 292 valence electrons. The number of nitrogens with one attached hydrogen (secondary N) is 1. The summed E-state index contributed by atoms with van der Waals surface area (Å²) in [4.78, 5) is 14.1. The number of hydrogen-bond donors (Lipinski definition) is 6. The maximum absolute atomic E-state index is 14.1. The fraction of sp³-hybridized carbons (Fsp3) is 0.711. The minimum Gasteiger partial charge on any atom is -0.393 e. The fourth-order valence-electron chi connectivity index (χ4n) is 12.5.